The molecule has 1 unspecified atom stereocenters. The van der Waals surface area contributed by atoms with Crippen LogP contribution in [0.2, 0.25) is 0 Å². The zero-order valence-corrected chi connectivity index (χ0v) is 9.51. The molecule has 0 aliphatic carbocycles. The molecule has 1 aromatic heterocycles. The minimum atomic E-state index is -0.321. The summed E-state index contributed by atoms with van der Waals surface area (Å²) in [6.45, 7) is 2.67. The monoisotopic (exact) mass is 227 g/mol. The van der Waals surface area contributed by atoms with Gasteiger partial charge in [0.25, 0.3) is 5.56 Å². The first kappa shape index (κ1) is 12.7. The Hall–Kier alpha value is -1.40. The van der Waals surface area contributed by atoms with E-state index in [0.29, 0.717) is 13.2 Å². The number of nitrogens with zero attached hydrogens (tertiary/aromatic N) is 2. The first-order valence-electron chi connectivity index (χ1n) is 5.14. The van der Waals surface area contributed by atoms with Crippen LogP contribution in [0.1, 0.15) is 6.92 Å². The summed E-state index contributed by atoms with van der Waals surface area (Å²) in [7, 11) is 1.53. The van der Waals surface area contributed by atoms with Crippen molar-refractivity contribution in [1.29, 1.82) is 0 Å². The predicted octanol–water partition coefficient (Wildman–Crippen LogP) is -0.318. The van der Waals surface area contributed by atoms with Gasteiger partial charge in [-0.05, 0) is 6.92 Å². The second kappa shape index (κ2) is 6.24. The van der Waals surface area contributed by atoms with Gasteiger partial charge in [-0.15, -0.1) is 0 Å². The first-order chi connectivity index (χ1) is 7.72. The van der Waals surface area contributed by atoms with Crippen LogP contribution in [0.3, 0.4) is 0 Å². The quantitative estimate of drug-likeness (QED) is 0.696. The molecular formula is C10H17N3O3. The van der Waals surface area contributed by atoms with Crippen LogP contribution in [-0.4, -0.2) is 41.0 Å². The van der Waals surface area contributed by atoms with Gasteiger partial charge < -0.3 is 19.7 Å². The molecule has 0 spiro atoms. The van der Waals surface area contributed by atoms with Gasteiger partial charge >= 0.3 is 0 Å². The number of aliphatic hydroxyl groups is 1. The molecule has 0 aliphatic rings. The van der Waals surface area contributed by atoms with E-state index in [-0.39, 0.29) is 24.0 Å². The number of aryl methyl sites for hydroxylation is 1. The normalized spacial score (nSPS) is 12.4. The van der Waals surface area contributed by atoms with E-state index in [2.05, 4.69) is 10.3 Å². The van der Waals surface area contributed by atoms with E-state index in [9.17, 15) is 4.79 Å². The molecule has 2 N–H and O–H groups in total. The molecule has 90 valence electrons. The number of ether oxygens (including phenoxy) is 1. The maximum Gasteiger partial charge on any atom is 0.293 e. The molecule has 0 saturated carbocycles. The largest absolute Gasteiger partial charge is 0.394 e. The van der Waals surface area contributed by atoms with Crippen LogP contribution in [0.25, 0.3) is 0 Å². The third kappa shape index (κ3) is 3.04. The molecule has 0 fully saturated rings. The highest BCUT2D eigenvalue weighted by Gasteiger charge is 2.10. The van der Waals surface area contributed by atoms with Crippen molar-refractivity contribution in [2.45, 2.75) is 19.5 Å². The topological polar surface area (TPSA) is 76.4 Å². The third-order valence-electron chi connectivity index (χ3n) is 2.18. The maximum atomic E-state index is 11.8. The minimum absolute atomic E-state index is 0.115. The maximum absolute atomic E-state index is 11.8. The van der Waals surface area contributed by atoms with Crippen molar-refractivity contribution >= 4 is 5.82 Å². The summed E-state index contributed by atoms with van der Waals surface area (Å²) >= 11 is 0. The van der Waals surface area contributed by atoms with Crippen molar-refractivity contribution in [2.24, 2.45) is 0 Å². The van der Waals surface area contributed by atoms with Crippen molar-refractivity contribution < 1.29 is 9.84 Å². The van der Waals surface area contributed by atoms with Gasteiger partial charge in [0.2, 0.25) is 0 Å². The Bertz CT molecular complexity index is 378. The lowest BCUT2D eigenvalue weighted by Gasteiger charge is -2.15. The van der Waals surface area contributed by atoms with Crippen LogP contribution in [0.4, 0.5) is 5.82 Å². The van der Waals surface area contributed by atoms with Gasteiger partial charge in [-0.1, -0.05) is 0 Å². The van der Waals surface area contributed by atoms with Crippen molar-refractivity contribution in [3.05, 3.63) is 22.7 Å². The third-order valence-corrected chi connectivity index (χ3v) is 2.18. The summed E-state index contributed by atoms with van der Waals surface area (Å²) in [6, 6.07) is -0.321. The average molecular weight is 227 g/mol. The number of hydrogen-bond donors (Lipinski definition) is 2. The number of aromatic nitrogens is 2. The first-order valence-corrected chi connectivity index (χ1v) is 5.14. The summed E-state index contributed by atoms with van der Waals surface area (Å²) in [5.41, 5.74) is -0.195. The van der Waals surface area contributed by atoms with Crippen molar-refractivity contribution in [3.8, 4) is 0 Å². The molecule has 1 aromatic rings. The lowest BCUT2D eigenvalue weighted by molar-refractivity contribution is 0.153. The van der Waals surface area contributed by atoms with Gasteiger partial charge in [0.05, 0.1) is 19.3 Å². The van der Waals surface area contributed by atoms with E-state index >= 15 is 0 Å². The van der Waals surface area contributed by atoms with Gasteiger partial charge in [-0.25, -0.2) is 4.98 Å². The molecule has 0 amide bonds. The van der Waals surface area contributed by atoms with Crippen molar-refractivity contribution in [2.75, 3.05) is 25.6 Å². The van der Waals surface area contributed by atoms with Gasteiger partial charge in [-0.2, -0.15) is 0 Å². The Balaban J connectivity index is 2.84. The number of aliphatic hydroxyl groups excluding tert-OH is 1. The average Bonchev–Trinajstić information content (AvgIpc) is 2.31. The van der Waals surface area contributed by atoms with Crippen LogP contribution in [-0.2, 0) is 11.3 Å². The number of rotatable bonds is 6. The minimum Gasteiger partial charge on any atom is -0.394 e. The molecule has 16 heavy (non-hydrogen) atoms. The molecule has 0 aliphatic heterocycles. The highest BCUT2D eigenvalue weighted by molar-refractivity contribution is 5.32. The van der Waals surface area contributed by atoms with Crippen LogP contribution >= 0.6 is 0 Å². The Morgan fingerprint density at radius 2 is 2.44 bits per heavy atom. The molecule has 0 bridgehead atoms. The van der Waals surface area contributed by atoms with E-state index in [1.807, 2.05) is 6.92 Å². The summed E-state index contributed by atoms with van der Waals surface area (Å²) in [5.74, 6) is 0.237. The molecule has 1 atom stereocenters. The standard InChI is InChI=1S/C10H17N3O3/c1-3-13-5-4-11-9(10(13)15)12-8(6-14)7-16-2/h4-5,8,14H,3,6-7H2,1-2H3,(H,11,12). The molecular weight excluding hydrogens is 210 g/mol. The second-order valence-electron chi connectivity index (χ2n) is 3.35. The van der Waals surface area contributed by atoms with E-state index in [1.165, 1.54) is 11.7 Å². The number of methoxy groups -OCH3 is 1. The Kier molecular flexibility index (Phi) is 4.94. The highest BCUT2D eigenvalue weighted by Crippen LogP contribution is 1.97. The molecule has 0 radical (unpaired) electrons. The van der Waals surface area contributed by atoms with Crippen LogP contribution in [0.5, 0.6) is 0 Å². The summed E-state index contributed by atoms with van der Waals surface area (Å²) < 4.78 is 6.44. The molecule has 0 saturated heterocycles. The van der Waals surface area contributed by atoms with Gasteiger partial charge in [0.15, 0.2) is 5.82 Å². The Labute approximate surface area is 93.9 Å². The van der Waals surface area contributed by atoms with Crippen molar-refractivity contribution in [1.82, 2.24) is 9.55 Å². The summed E-state index contributed by atoms with van der Waals surface area (Å²) in [5, 5.41) is 11.9. The van der Waals surface area contributed by atoms with Gasteiger partial charge in [0, 0.05) is 26.0 Å². The summed E-state index contributed by atoms with van der Waals surface area (Å²) in [6.07, 6.45) is 3.17. The predicted molar refractivity (Wildman–Crippen MR) is 60.5 cm³/mol. The second-order valence-corrected chi connectivity index (χ2v) is 3.35. The molecule has 6 nitrogen and oxygen atoms in total. The smallest absolute Gasteiger partial charge is 0.293 e. The van der Waals surface area contributed by atoms with Crippen LogP contribution in [0.15, 0.2) is 17.2 Å². The molecule has 0 aromatic carbocycles. The van der Waals surface area contributed by atoms with E-state index in [0.717, 1.165) is 0 Å². The number of anilines is 1. The fourth-order valence-electron chi connectivity index (χ4n) is 1.33. The fraction of sp³-hybridized carbons (Fsp3) is 0.600. The highest BCUT2D eigenvalue weighted by atomic mass is 16.5. The van der Waals surface area contributed by atoms with E-state index in [1.54, 1.807) is 12.4 Å². The lowest BCUT2D eigenvalue weighted by atomic mass is 10.3. The van der Waals surface area contributed by atoms with Crippen molar-refractivity contribution in [3.63, 3.8) is 0 Å². The Morgan fingerprint density at radius 3 is 3.00 bits per heavy atom. The molecule has 6 heteroatoms. The van der Waals surface area contributed by atoms with E-state index < -0.39 is 0 Å². The molecule has 1 rings (SSSR count). The van der Waals surface area contributed by atoms with Gasteiger partial charge in [-0.3, -0.25) is 4.79 Å². The zero-order valence-electron chi connectivity index (χ0n) is 9.51. The Morgan fingerprint density at radius 1 is 1.69 bits per heavy atom. The van der Waals surface area contributed by atoms with Gasteiger partial charge in [0.1, 0.15) is 0 Å². The number of nitrogens with one attached hydrogen (secondary N) is 1. The zero-order chi connectivity index (χ0) is 12.0. The lowest BCUT2D eigenvalue weighted by Crippen LogP contribution is -2.33. The number of hydrogen-bond acceptors (Lipinski definition) is 5. The summed E-state index contributed by atoms with van der Waals surface area (Å²) in [4.78, 5) is 15.7. The van der Waals surface area contributed by atoms with E-state index in [4.69, 9.17) is 9.84 Å². The molecule has 1 heterocycles. The fourth-order valence-corrected chi connectivity index (χ4v) is 1.33. The SMILES string of the molecule is CCn1ccnc(NC(CO)COC)c1=O. The van der Waals surface area contributed by atoms with Crippen LogP contribution in [0, 0.1) is 0 Å². The van der Waals surface area contributed by atoms with Crippen LogP contribution < -0.4 is 10.9 Å².